The summed E-state index contributed by atoms with van der Waals surface area (Å²) in [4.78, 5) is 15.6. The molecule has 4 rings (SSSR count). The van der Waals surface area contributed by atoms with Gasteiger partial charge in [-0.25, -0.2) is 13.6 Å². The number of anilines is 2. The number of carbonyl (C=O) groups excluding carboxylic acids is 1. The summed E-state index contributed by atoms with van der Waals surface area (Å²) in [5.41, 5.74) is 2.55. The SMILES string of the molecule is CC(C)(C)c1ccc(C(=O)Nc2cccc(S(N)(=O)=O)c2)c(Oc2ccccc2N2CCCCC2)c1.[HH].[HH].[HH]. The maximum absolute atomic E-state index is 13.4. The largest absolute Gasteiger partial charge is 0.454 e. The van der Waals surface area contributed by atoms with Crippen LogP contribution in [-0.2, 0) is 15.4 Å². The number of amides is 1. The summed E-state index contributed by atoms with van der Waals surface area (Å²) in [5.74, 6) is 0.718. The lowest BCUT2D eigenvalue weighted by atomic mass is 9.86. The van der Waals surface area contributed by atoms with Crippen LogP contribution < -0.4 is 20.1 Å². The van der Waals surface area contributed by atoms with Crippen molar-refractivity contribution in [3.8, 4) is 11.5 Å². The number of primary sulfonamides is 1. The van der Waals surface area contributed by atoms with Crippen LogP contribution in [0.1, 0.15) is 60.2 Å². The monoisotopic (exact) mass is 513 g/mol. The summed E-state index contributed by atoms with van der Waals surface area (Å²) in [6.07, 6.45) is 3.50. The van der Waals surface area contributed by atoms with E-state index in [1.165, 1.54) is 24.6 Å². The first kappa shape index (κ1) is 25.7. The minimum absolute atomic E-state index is 0. The van der Waals surface area contributed by atoms with Crippen molar-refractivity contribution in [2.24, 2.45) is 5.14 Å². The molecular weight excluding hydrogens is 474 g/mol. The Kier molecular flexibility index (Phi) is 7.38. The van der Waals surface area contributed by atoms with Crippen LogP contribution in [0.2, 0.25) is 0 Å². The first-order valence-corrected chi connectivity index (χ1v) is 13.7. The number of nitrogens with zero attached hydrogens (tertiary/aromatic N) is 1. The van der Waals surface area contributed by atoms with Gasteiger partial charge < -0.3 is 15.0 Å². The zero-order valence-corrected chi connectivity index (χ0v) is 21.8. The predicted octanol–water partition coefficient (Wildman–Crippen LogP) is 6.40. The Morgan fingerprint density at radius 2 is 1.67 bits per heavy atom. The highest BCUT2D eigenvalue weighted by molar-refractivity contribution is 7.89. The molecule has 1 fully saturated rings. The first-order chi connectivity index (χ1) is 17.0. The van der Waals surface area contributed by atoms with Gasteiger partial charge in [-0.1, -0.05) is 45.0 Å². The number of para-hydroxylation sites is 2. The second-order valence-corrected chi connectivity index (χ2v) is 11.7. The molecule has 1 amide bonds. The van der Waals surface area contributed by atoms with E-state index < -0.39 is 15.9 Å². The van der Waals surface area contributed by atoms with Gasteiger partial charge in [0.15, 0.2) is 5.75 Å². The van der Waals surface area contributed by atoms with Crippen molar-refractivity contribution < 1.29 is 22.2 Å². The molecule has 0 saturated carbocycles. The van der Waals surface area contributed by atoms with E-state index in [9.17, 15) is 13.2 Å². The number of nitrogens with two attached hydrogens (primary N) is 1. The number of benzene rings is 3. The Bertz CT molecular complexity index is 1370. The lowest BCUT2D eigenvalue weighted by Crippen LogP contribution is -2.29. The van der Waals surface area contributed by atoms with Gasteiger partial charge in [0, 0.05) is 23.1 Å². The zero-order chi connectivity index (χ0) is 25.9. The molecule has 0 atom stereocenters. The second-order valence-electron chi connectivity index (χ2n) is 10.1. The van der Waals surface area contributed by atoms with Crippen LogP contribution >= 0.6 is 0 Å². The molecule has 0 spiro atoms. The summed E-state index contributed by atoms with van der Waals surface area (Å²) < 4.78 is 29.9. The van der Waals surface area contributed by atoms with E-state index in [1.54, 1.807) is 12.1 Å². The minimum Gasteiger partial charge on any atom is -0.454 e. The van der Waals surface area contributed by atoms with Crippen LogP contribution in [0.15, 0.2) is 71.6 Å². The molecule has 3 aromatic carbocycles. The lowest BCUT2D eigenvalue weighted by molar-refractivity contribution is 0.102. The molecule has 196 valence electrons. The quantitative estimate of drug-likeness (QED) is 0.397. The van der Waals surface area contributed by atoms with Crippen molar-refractivity contribution in [1.29, 1.82) is 0 Å². The van der Waals surface area contributed by atoms with Gasteiger partial charge in [0.05, 0.1) is 16.1 Å². The Balaban J connectivity index is 0.00000253. The van der Waals surface area contributed by atoms with Crippen molar-refractivity contribution in [1.82, 2.24) is 0 Å². The fraction of sp³-hybridized carbons (Fsp3) is 0.321. The van der Waals surface area contributed by atoms with E-state index in [4.69, 9.17) is 9.88 Å². The van der Waals surface area contributed by atoms with Crippen molar-refractivity contribution >= 4 is 27.3 Å². The molecule has 0 bridgehead atoms. The summed E-state index contributed by atoms with van der Waals surface area (Å²) in [6.45, 7) is 8.25. The molecule has 0 radical (unpaired) electrons. The molecule has 0 aromatic heterocycles. The highest BCUT2D eigenvalue weighted by Gasteiger charge is 2.22. The van der Waals surface area contributed by atoms with E-state index in [0.717, 1.165) is 37.2 Å². The minimum atomic E-state index is -3.89. The van der Waals surface area contributed by atoms with Gasteiger partial charge in [0.25, 0.3) is 5.91 Å². The Morgan fingerprint density at radius 3 is 2.36 bits per heavy atom. The maximum atomic E-state index is 13.4. The molecule has 1 aliphatic heterocycles. The van der Waals surface area contributed by atoms with Gasteiger partial charge in [-0.05, 0) is 72.7 Å². The summed E-state index contributed by atoms with van der Waals surface area (Å²) in [6, 6.07) is 19.3. The smallest absolute Gasteiger partial charge is 0.259 e. The third-order valence-corrected chi connectivity index (χ3v) is 7.21. The molecule has 3 N–H and O–H groups in total. The summed E-state index contributed by atoms with van der Waals surface area (Å²) in [5, 5.41) is 8.03. The van der Waals surface area contributed by atoms with Gasteiger partial charge in [0.2, 0.25) is 10.0 Å². The van der Waals surface area contributed by atoms with Crippen LogP contribution in [0.25, 0.3) is 0 Å². The van der Waals surface area contributed by atoms with Crippen LogP contribution in [-0.4, -0.2) is 27.4 Å². The standard InChI is InChI=1S/C28H33N3O4S.3H2/c1-28(2,3)20-14-15-23(27(32)30-21-10-9-11-22(19-21)36(29,33)34)26(18-20)35-25-13-6-5-12-24(25)31-16-7-4-8-17-31;;;/h5-6,9-15,18-19H,4,7-8,16-17H2,1-3H3,(H,30,32)(H2,29,33,34);3*1H. The normalized spacial score (nSPS) is 14.4. The Morgan fingerprint density at radius 1 is 0.944 bits per heavy atom. The van der Waals surface area contributed by atoms with Crippen LogP contribution in [0.5, 0.6) is 11.5 Å². The molecule has 1 aliphatic rings. The number of hydrogen-bond donors (Lipinski definition) is 2. The maximum Gasteiger partial charge on any atom is 0.259 e. The van der Waals surface area contributed by atoms with Crippen molar-refractivity contribution in [3.05, 3.63) is 77.9 Å². The topological polar surface area (TPSA) is 102 Å². The first-order valence-electron chi connectivity index (χ1n) is 12.1. The molecular formula is C28H39N3O4S. The van der Waals surface area contributed by atoms with Gasteiger partial charge in [-0.3, -0.25) is 4.79 Å². The van der Waals surface area contributed by atoms with Crippen molar-refractivity contribution in [2.45, 2.75) is 50.3 Å². The van der Waals surface area contributed by atoms with Gasteiger partial charge >= 0.3 is 0 Å². The molecule has 7 nitrogen and oxygen atoms in total. The number of nitrogens with one attached hydrogen (secondary N) is 1. The van der Waals surface area contributed by atoms with E-state index >= 15 is 0 Å². The average Bonchev–Trinajstić information content (AvgIpc) is 2.84. The van der Waals surface area contributed by atoms with E-state index in [1.807, 2.05) is 36.4 Å². The van der Waals surface area contributed by atoms with E-state index in [-0.39, 0.29) is 14.6 Å². The fourth-order valence-corrected chi connectivity index (χ4v) is 4.83. The van der Waals surface area contributed by atoms with Crippen molar-refractivity contribution in [3.63, 3.8) is 0 Å². The van der Waals surface area contributed by atoms with Gasteiger partial charge in [0.1, 0.15) is 5.75 Å². The third kappa shape index (κ3) is 6.06. The van der Waals surface area contributed by atoms with Crippen LogP contribution in [0.3, 0.4) is 0 Å². The van der Waals surface area contributed by atoms with Crippen LogP contribution in [0.4, 0.5) is 11.4 Å². The Hall–Kier alpha value is -3.36. The summed E-state index contributed by atoms with van der Waals surface area (Å²) >= 11 is 0. The highest BCUT2D eigenvalue weighted by atomic mass is 32.2. The Labute approximate surface area is 217 Å². The molecule has 3 aromatic rings. The number of carbonyl (C=O) groups is 1. The number of rotatable bonds is 6. The molecule has 0 aliphatic carbocycles. The van der Waals surface area contributed by atoms with Crippen LogP contribution in [0, 0.1) is 0 Å². The molecule has 8 heteroatoms. The predicted molar refractivity (Wildman–Crippen MR) is 150 cm³/mol. The molecule has 1 heterocycles. The number of sulfonamides is 1. The van der Waals surface area contributed by atoms with Crippen molar-refractivity contribution in [2.75, 3.05) is 23.3 Å². The van der Waals surface area contributed by atoms with E-state index in [0.29, 0.717) is 22.7 Å². The summed E-state index contributed by atoms with van der Waals surface area (Å²) in [7, 11) is -3.89. The van der Waals surface area contributed by atoms with Gasteiger partial charge in [-0.15, -0.1) is 0 Å². The second kappa shape index (κ2) is 10.3. The molecule has 36 heavy (non-hydrogen) atoms. The molecule has 0 unspecified atom stereocenters. The number of piperidine rings is 1. The lowest BCUT2D eigenvalue weighted by Gasteiger charge is -2.30. The van der Waals surface area contributed by atoms with Gasteiger partial charge in [-0.2, -0.15) is 0 Å². The van der Waals surface area contributed by atoms with E-state index in [2.05, 4.69) is 31.0 Å². The average molecular weight is 514 g/mol. The highest BCUT2D eigenvalue weighted by Crippen LogP contribution is 2.37. The molecule has 1 saturated heterocycles. The zero-order valence-electron chi connectivity index (χ0n) is 21.0. The fourth-order valence-electron chi connectivity index (χ4n) is 4.27. The number of ether oxygens (including phenoxy) is 1. The number of hydrogen-bond acceptors (Lipinski definition) is 5. The third-order valence-electron chi connectivity index (χ3n) is 6.29.